The van der Waals surface area contributed by atoms with Crippen LogP contribution >= 0.6 is 11.6 Å². The van der Waals surface area contributed by atoms with Gasteiger partial charge in [0.05, 0.1) is 34.0 Å². The first-order valence-electron chi connectivity index (χ1n) is 9.92. The van der Waals surface area contributed by atoms with E-state index in [9.17, 15) is 22.4 Å². The number of nitrogens with one attached hydrogen (secondary N) is 1. The van der Waals surface area contributed by atoms with Crippen molar-refractivity contribution in [2.75, 3.05) is 5.32 Å². The van der Waals surface area contributed by atoms with Crippen molar-refractivity contribution in [1.29, 1.82) is 0 Å². The average Bonchev–Trinajstić information content (AvgIpc) is 3.25. The second-order valence-electron chi connectivity index (χ2n) is 7.59. The lowest BCUT2D eigenvalue weighted by Crippen LogP contribution is -2.28. The van der Waals surface area contributed by atoms with E-state index in [1.165, 1.54) is 25.3 Å². The van der Waals surface area contributed by atoms with Crippen LogP contribution in [0, 0.1) is 12.7 Å². The monoisotopic (exact) mass is 471 g/mol. The third-order valence-electron chi connectivity index (χ3n) is 5.01. The maximum atomic E-state index is 13.3. The summed E-state index contributed by atoms with van der Waals surface area (Å²) < 4.78 is 55.4. The number of amides is 1. The molecule has 2 aromatic heterocycles. The molecule has 2 heterocycles. The van der Waals surface area contributed by atoms with E-state index in [4.69, 9.17) is 11.6 Å². The number of aromatic nitrogens is 4. The molecular weight excluding hydrogens is 450 g/mol. The first-order valence-corrected chi connectivity index (χ1v) is 10.3. The van der Waals surface area contributed by atoms with Crippen molar-refractivity contribution >= 4 is 23.2 Å². The molecule has 0 radical (unpaired) electrons. The molecule has 0 aliphatic rings. The van der Waals surface area contributed by atoms with Gasteiger partial charge in [-0.3, -0.25) is 9.48 Å². The highest BCUT2D eigenvalue weighted by molar-refractivity contribution is 6.32. The summed E-state index contributed by atoms with van der Waals surface area (Å²) in [7, 11) is 0. The Morgan fingerprint density at radius 3 is 2.34 bits per heavy atom. The van der Waals surface area contributed by atoms with Gasteiger partial charge in [0.2, 0.25) is 5.91 Å². The van der Waals surface area contributed by atoms with E-state index in [1.54, 1.807) is 23.7 Å². The van der Waals surface area contributed by atoms with Crippen LogP contribution in [0.15, 0.2) is 30.5 Å². The second-order valence-corrected chi connectivity index (χ2v) is 7.97. The molecule has 0 bridgehead atoms. The Morgan fingerprint density at radius 2 is 1.84 bits per heavy atom. The molecule has 1 unspecified atom stereocenters. The fourth-order valence-electron chi connectivity index (χ4n) is 3.47. The van der Waals surface area contributed by atoms with Crippen LogP contribution in [-0.2, 0) is 11.0 Å². The van der Waals surface area contributed by atoms with Crippen molar-refractivity contribution in [3.63, 3.8) is 0 Å². The Bertz CT molecular complexity index is 1120. The third-order valence-corrected chi connectivity index (χ3v) is 5.46. The fourth-order valence-corrected chi connectivity index (χ4v) is 3.70. The number of benzene rings is 1. The number of nitrogens with zero attached hydrogens (tertiary/aromatic N) is 4. The molecule has 32 heavy (non-hydrogen) atoms. The lowest BCUT2D eigenvalue weighted by atomic mass is 10.1. The van der Waals surface area contributed by atoms with E-state index in [0.29, 0.717) is 17.1 Å². The SMILES string of the molecule is CCC(C(=O)Nc1cnn(-c2ccc(F)cc2)c1C(C)C)n1nc(C(F)(F)F)c(Cl)c1C. The van der Waals surface area contributed by atoms with E-state index in [0.717, 1.165) is 4.68 Å². The zero-order chi connectivity index (χ0) is 23.8. The van der Waals surface area contributed by atoms with Crippen molar-refractivity contribution in [3.05, 3.63) is 58.4 Å². The van der Waals surface area contributed by atoms with Gasteiger partial charge in [-0.1, -0.05) is 32.4 Å². The van der Waals surface area contributed by atoms with E-state index in [1.807, 2.05) is 13.8 Å². The van der Waals surface area contributed by atoms with Crippen molar-refractivity contribution < 1.29 is 22.4 Å². The zero-order valence-electron chi connectivity index (χ0n) is 17.8. The van der Waals surface area contributed by atoms with Crippen LogP contribution in [0.2, 0.25) is 5.02 Å². The molecule has 0 spiro atoms. The van der Waals surface area contributed by atoms with Crippen LogP contribution in [0.1, 0.15) is 56.2 Å². The van der Waals surface area contributed by atoms with Crippen molar-refractivity contribution in [2.24, 2.45) is 0 Å². The summed E-state index contributed by atoms with van der Waals surface area (Å²) in [5.74, 6) is -1.02. The predicted octanol–water partition coefficient (Wildman–Crippen LogP) is 5.90. The minimum absolute atomic E-state index is 0.0482. The molecule has 3 rings (SSSR count). The molecule has 0 saturated carbocycles. The van der Waals surface area contributed by atoms with Crippen LogP contribution in [0.3, 0.4) is 0 Å². The summed E-state index contributed by atoms with van der Waals surface area (Å²) >= 11 is 5.84. The molecule has 6 nitrogen and oxygen atoms in total. The number of halogens is 5. The molecule has 1 N–H and O–H groups in total. The van der Waals surface area contributed by atoms with Gasteiger partial charge in [0.25, 0.3) is 0 Å². The summed E-state index contributed by atoms with van der Waals surface area (Å²) in [5.41, 5.74) is 0.486. The zero-order valence-corrected chi connectivity index (χ0v) is 18.6. The summed E-state index contributed by atoms with van der Waals surface area (Å²) in [5, 5.41) is 10.1. The van der Waals surface area contributed by atoms with E-state index in [2.05, 4.69) is 15.5 Å². The normalized spacial score (nSPS) is 12.9. The van der Waals surface area contributed by atoms with Crippen LogP contribution in [-0.4, -0.2) is 25.5 Å². The van der Waals surface area contributed by atoms with Gasteiger partial charge in [-0.15, -0.1) is 0 Å². The smallest absolute Gasteiger partial charge is 0.321 e. The van der Waals surface area contributed by atoms with Gasteiger partial charge in [0.1, 0.15) is 11.9 Å². The molecule has 0 aliphatic heterocycles. The third kappa shape index (κ3) is 4.50. The number of rotatable bonds is 6. The van der Waals surface area contributed by atoms with Crippen LogP contribution in [0.25, 0.3) is 5.69 Å². The number of carbonyl (C=O) groups is 1. The summed E-state index contributed by atoms with van der Waals surface area (Å²) in [4.78, 5) is 13.0. The minimum Gasteiger partial charge on any atom is -0.321 e. The fraction of sp³-hybridized carbons (Fsp3) is 0.381. The molecule has 0 fully saturated rings. The first-order chi connectivity index (χ1) is 15.0. The van der Waals surface area contributed by atoms with E-state index < -0.39 is 34.7 Å². The van der Waals surface area contributed by atoms with Gasteiger partial charge < -0.3 is 5.32 Å². The van der Waals surface area contributed by atoms with Crippen molar-refractivity contribution in [2.45, 2.75) is 52.3 Å². The topological polar surface area (TPSA) is 64.7 Å². The van der Waals surface area contributed by atoms with Crippen LogP contribution in [0.5, 0.6) is 0 Å². The Kier molecular flexibility index (Phi) is 6.64. The Labute approximate surface area is 187 Å². The lowest BCUT2D eigenvalue weighted by Gasteiger charge is -2.18. The first kappa shape index (κ1) is 23.8. The minimum atomic E-state index is -4.73. The van der Waals surface area contributed by atoms with Gasteiger partial charge in [0.15, 0.2) is 5.69 Å². The standard InChI is InChI=1S/C21H22ClF4N5O/c1-5-16(30-12(4)17(22)19(29-30)21(24,25)26)20(32)28-15-10-27-31(18(15)11(2)3)14-8-6-13(23)7-9-14/h6-11,16H,5H2,1-4H3,(H,28,32). The number of hydrogen-bond acceptors (Lipinski definition) is 3. The average molecular weight is 472 g/mol. The Morgan fingerprint density at radius 1 is 1.22 bits per heavy atom. The van der Waals surface area contributed by atoms with Gasteiger partial charge in [-0.2, -0.15) is 23.4 Å². The lowest BCUT2D eigenvalue weighted by molar-refractivity contribution is -0.141. The number of anilines is 1. The van der Waals surface area contributed by atoms with Gasteiger partial charge >= 0.3 is 6.18 Å². The highest BCUT2D eigenvalue weighted by Crippen LogP contribution is 2.37. The maximum absolute atomic E-state index is 13.3. The van der Waals surface area contributed by atoms with Gasteiger partial charge in [-0.25, -0.2) is 9.07 Å². The number of carbonyl (C=O) groups excluding carboxylic acids is 1. The van der Waals surface area contributed by atoms with Crippen LogP contribution < -0.4 is 5.32 Å². The number of hydrogen-bond donors (Lipinski definition) is 1. The number of alkyl halides is 3. The van der Waals surface area contributed by atoms with E-state index in [-0.39, 0.29) is 18.0 Å². The van der Waals surface area contributed by atoms with Crippen molar-refractivity contribution in [1.82, 2.24) is 19.6 Å². The van der Waals surface area contributed by atoms with Crippen LogP contribution in [0.4, 0.5) is 23.2 Å². The largest absolute Gasteiger partial charge is 0.436 e. The molecule has 172 valence electrons. The highest BCUT2D eigenvalue weighted by atomic mass is 35.5. The molecule has 1 amide bonds. The molecule has 0 saturated heterocycles. The molecular formula is C21H22ClF4N5O. The van der Waals surface area contributed by atoms with Gasteiger partial charge in [-0.05, 0) is 43.5 Å². The quantitative estimate of drug-likeness (QED) is 0.455. The van der Waals surface area contributed by atoms with Crippen molar-refractivity contribution in [3.8, 4) is 5.69 Å². The molecule has 0 aliphatic carbocycles. The molecule has 11 heteroatoms. The Hall–Kier alpha value is -2.88. The second kappa shape index (κ2) is 8.93. The highest BCUT2D eigenvalue weighted by Gasteiger charge is 2.39. The molecule has 1 aromatic carbocycles. The maximum Gasteiger partial charge on any atom is 0.436 e. The summed E-state index contributed by atoms with van der Waals surface area (Å²) in [6.07, 6.45) is -3.10. The van der Waals surface area contributed by atoms with Gasteiger partial charge in [0, 0.05) is 0 Å². The summed E-state index contributed by atoms with van der Waals surface area (Å²) in [6, 6.07) is 4.70. The molecule has 1 atom stereocenters. The summed E-state index contributed by atoms with van der Waals surface area (Å²) in [6.45, 7) is 6.85. The Balaban J connectivity index is 1.95. The predicted molar refractivity (Wildman–Crippen MR) is 113 cm³/mol. The van der Waals surface area contributed by atoms with E-state index >= 15 is 0 Å². The molecule has 3 aromatic rings.